The third kappa shape index (κ3) is 3.90. The van der Waals surface area contributed by atoms with Crippen LogP contribution in [0.15, 0.2) is 49.1 Å². The first-order valence-electron chi connectivity index (χ1n) is 5.03. The standard InChI is InChI=1S/C13H18N2/c1-4-5-6-7-8-9-12-10-11-13(14-12)15(2)3/h4-8,10-11,14H,1,9H2,2-3H3/b6-5-,8-7?. The van der Waals surface area contributed by atoms with Gasteiger partial charge < -0.3 is 9.88 Å². The number of allylic oxidation sites excluding steroid dienone is 5. The maximum absolute atomic E-state index is 3.61. The second-order valence-corrected chi connectivity index (χ2v) is 3.52. The molecule has 0 aliphatic heterocycles. The van der Waals surface area contributed by atoms with Gasteiger partial charge in [-0.2, -0.15) is 0 Å². The Balaban J connectivity index is 2.47. The van der Waals surface area contributed by atoms with Crippen LogP contribution < -0.4 is 4.90 Å². The molecule has 1 aromatic rings. The van der Waals surface area contributed by atoms with Crippen molar-refractivity contribution >= 4 is 5.82 Å². The highest BCUT2D eigenvalue weighted by Gasteiger charge is 1.97. The van der Waals surface area contributed by atoms with E-state index < -0.39 is 0 Å². The van der Waals surface area contributed by atoms with E-state index in [1.807, 2.05) is 32.3 Å². The van der Waals surface area contributed by atoms with Gasteiger partial charge >= 0.3 is 0 Å². The maximum Gasteiger partial charge on any atom is 0.105 e. The average molecular weight is 202 g/mol. The molecular formula is C13H18N2. The molecule has 0 saturated heterocycles. The van der Waals surface area contributed by atoms with Crippen LogP contribution in [0.4, 0.5) is 5.82 Å². The number of rotatable bonds is 5. The van der Waals surface area contributed by atoms with E-state index in [9.17, 15) is 0 Å². The van der Waals surface area contributed by atoms with Crippen LogP contribution in [0.2, 0.25) is 0 Å². The molecule has 2 heteroatoms. The van der Waals surface area contributed by atoms with E-state index in [4.69, 9.17) is 0 Å². The minimum atomic E-state index is 0.926. The van der Waals surface area contributed by atoms with E-state index in [-0.39, 0.29) is 0 Å². The minimum absolute atomic E-state index is 0.926. The molecule has 80 valence electrons. The maximum atomic E-state index is 3.61. The summed E-state index contributed by atoms with van der Waals surface area (Å²) in [5.41, 5.74) is 1.22. The molecule has 0 aliphatic carbocycles. The highest BCUT2D eigenvalue weighted by molar-refractivity contribution is 5.39. The molecule has 0 radical (unpaired) electrons. The van der Waals surface area contributed by atoms with Crippen LogP contribution in [-0.4, -0.2) is 19.1 Å². The van der Waals surface area contributed by atoms with Crippen molar-refractivity contribution in [1.82, 2.24) is 4.98 Å². The van der Waals surface area contributed by atoms with Crippen LogP contribution in [0, 0.1) is 0 Å². The Hall–Kier alpha value is -1.70. The quantitative estimate of drug-likeness (QED) is 0.727. The van der Waals surface area contributed by atoms with Crippen molar-refractivity contribution in [2.45, 2.75) is 6.42 Å². The van der Waals surface area contributed by atoms with Crippen LogP contribution in [0.5, 0.6) is 0 Å². The number of hydrogen-bond acceptors (Lipinski definition) is 1. The van der Waals surface area contributed by atoms with Crippen molar-refractivity contribution in [3.63, 3.8) is 0 Å². The molecule has 1 N–H and O–H groups in total. The predicted octanol–water partition coefficient (Wildman–Crippen LogP) is 2.92. The number of aromatic amines is 1. The normalized spacial score (nSPS) is 11.3. The van der Waals surface area contributed by atoms with E-state index in [0.717, 1.165) is 12.2 Å². The zero-order chi connectivity index (χ0) is 11.1. The average Bonchev–Trinajstić information content (AvgIpc) is 2.66. The minimum Gasteiger partial charge on any atom is -0.364 e. The molecule has 0 unspecified atom stereocenters. The van der Waals surface area contributed by atoms with Crippen LogP contribution in [0.3, 0.4) is 0 Å². The molecule has 0 atom stereocenters. The van der Waals surface area contributed by atoms with Gasteiger partial charge in [-0.25, -0.2) is 0 Å². The third-order valence-electron chi connectivity index (χ3n) is 2.04. The Bertz CT molecular complexity index is 356. The zero-order valence-electron chi connectivity index (χ0n) is 9.40. The topological polar surface area (TPSA) is 19.0 Å². The van der Waals surface area contributed by atoms with Gasteiger partial charge in [0.1, 0.15) is 5.82 Å². The molecule has 0 aromatic carbocycles. The summed E-state index contributed by atoms with van der Waals surface area (Å²) >= 11 is 0. The molecule has 0 spiro atoms. The summed E-state index contributed by atoms with van der Waals surface area (Å²) in [4.78, 5) is 5.39. The van der Waals surface area contributed by atoms with Gasteiger partial charge in [0.2, 0.25) is 0 Å². The van der Waals surface area contributed by atoms with Gasteiger partial charge in [0.25, 0.3) is 0 Å². The Kier molecular flexibility index (Phi) is 4.48. The smallest absolute Gasteiger partial charge is 0.105 e. The summed E-state index contributed by atoms with van der Waals surface area (Å²) in [5, 5.41) is 0. The van der Waals surface area contributed by atoms with Crippen LogP contribution in [0.1, 0.15) is 5.69 Å². The largest absolute Gasteiger partial charge is 0.364 e. The predicted molar refractivity (Wildman–Crippen MR) is 67.3 cm³/mol. The summed E-state index contributed by atoms with van der Waals surface area (Å²) in [6.45, 7) is 3.61. The Morgan fingerprint density at radius 3 is 2.67 bits per heavy atom. The van der Waals surface area contributed by atoms with Gasteiger partial charge in [-0.05, 0) is 12.1 Å². The fourth-order valence-electron chi connectivity index (χ4n) is 1.22. The van der Waals surface area contributed by atoms with E-state index >= 15 is 0 Å². The summed E-state index contributed by atoms with van der Waals surface area (Å²) in [7, 11) is 4.05. The summed E-state index contributed by atoms with van der Waals surface area (Å²) in [6, 6.07) is 4.19. The fraction of sp³-hybridized carbons (Fsp3) is 0.231. The number of hydrogen-bond donors (Lipinski definition) is 1. The lowest BCUT2D eigenvalue weighted by molar-refractivity contribution is 1.05. The van der Waals surface area contributed by atoms with Crippen molar-refractivity contribution in [2.75, 3.05) is 19.0 Å². The number of H-pyrrole nitrogens is 1. The third-order valence-corrected chi connectivity index (χ3v) is 2.04. The van der Waals surface area contributed by atoms with Crippen molar-refractivity contribution in [3.05, 3.63) is 54.8 Å². The number of aromatic nitrogens is 1. The molecule has 1 heterocycles. The molecule has 0 aliphatic rings. The number of nitrogens with zero attached hydrogens (tertiary/aromatic N) is 1. The van der Waals surface area contributed by atoms with Crippen LogP contribution in [0.25, 0.3) is 0 Å². The molecule has 0 amide bonds. The van der Waals surface area contributed by atoms with Gasteiger partial charge in [-0.1, -0.05) is 37.0 Å². The van der Waals surface area contributed by atoms with Crippen molar-refractivity contribution < 1.29 is 0 Å². The van der Waals surface area contributed by atoms with Gasteiger partial charge in [0, 0.05) is 26.2 Å². The highest BCUT2D eigenvalue weighted by atomic mass is 15.1. The first-order chi connectivity index (χ1) is 7.24. The molecular weight excluding hydrogens is 184 g/mol. The molecule has 1 aromatic heterocycles. The van der Waals surface area contributed by atoms with Crippen molar-refractivity contribution in [3.8, 4) is 0 Å². The number of anilines is 1. The molecule has 0 saturated carbocycles. The summed E-state index contributed by atoms with van der Waals surface area (Å²) < 4.78 is 0. The summed E-state index contributed by atoms with van der Waals surface area (Å²) in [5.74, 6) is 1.14. The zero-order valence-corrected chi connectivity index (χ0v) is 9.40. The van der Waals surface area contributed by atoms with Gasteiger partial charge in [0.05, 0.1) is 0 Å². The first-order valence-corrected chi connectivity index (χ1v) is 5.03. The van der Waals surface area contributed by atoms with Gasteiger partial charge in [-0.3, -0.25) is 0 Å². The summed E-state index contributed by atoms with van der Waals surface area (Å²) in [6.07, 6.45) is 10.7. The van der Waals surface area contributed by atoms with E-state index in [2.05, 4.69) is 34.7 Å². The second-order valence-electron chi connectivity index (χ2n) is 3.52. The van der Waals surface area contributed by atoms with Gasteiger partial charge in [0.15, 0.2) is 0 Å². The Morgan fingerprint density at radius 2 is 2.07 bits per heavy atom. The SMILES string of the molecule is C=C/C=C\C=CCc1ccc(N(C)C)[nH]1. The van der Waals surface area contributed by atoms with E-state index in [1.165, 1.54) is 5.69 Å². The molecule has 15 heavy (non-hydrogen) atoms. The highest BCUT2D eigenvalue weighted by Crippen LogP contribution is 2.10. The molecule has 2 nitrogen and oxygen atoms in total. The Labute approximate surface area is 91.6 Å². The first kappa shape index (κ1) is 11.4. The number of nitrogens with one attached hydrogen (secondary N) is 1. The monoisotopic (exact) mass is 202 g/mol. The van der Waals surface area contributed by atoms with Crippen molar-refractivity contribution in [1.29, 1.82) is 0 Å². The lowest BCUT2D eigenvalue weighted by Crippen LogP contribution is -2.08. The van der Waals surface area contributed by atoms with Gasteiger partial charge in [-0.15, -0.1) is 0 Å². The van der Waals surface area contributed by atoms with Crippen molar-refractivity contribution in [2.24, 2.45) is 0 Å². The molecule has 1 rings (SSSR count). The van der Waals surface area contributed by atoms with Crippen LogP contribution >= 0.6 is 0 Å². The lowest BCUT2D eigenvalue weighted by Gasteiger charge is -2.08. The molecule has 0 fully saturated rings. The fourth-order valence-corrected chi connectivity index (χ4v) is 1.22. The lowest BCUT2D eigenvalue weighted by atomic mass is 10.3. The Morgan fingerprint density at radius 1 is 1.27 bits per heavy atom. The molecule has 0 bridgehead atoms. The van der Waals surface area contributed by atoms with E-state index in [1.54, 1.807) is 6.08 Å². The van der Waals surface area contributed by atoms with Crippen LogP contribution in [-0.2, 0) is 6.42 Å². The van der Waals surface area contributed by atoms with E-state index in [0.29, 0.717) is 0 Å². The second kappa shape index (κ2) is 5.91.